The summed E-state index contributed by atoms with van der Waals surface area (Å²) in [5.41, 5.74) is 0.893. The van der Waals surface area contributed by atoms with Gasteiger partial charge in [-0.2, -0.15) is 0 Å². The molecule has 0 spiro atoms. The van der Waals surface area contributed by atoms with E-state index in [2.05, 4.69) is 19.2 Å². The highest BCUT2D eigenvalue weighted by molar-refractivity contribution is 5.77. The number of benzene rings is 1. The minimum Gasteiger partial charge on any atom is -0.352 e. The zero-order chi connectivity index (χ0) is 19.6. The van der Waals surface area contributed by atoms with Crippen LogP contribution >= 0.6 is 0 Å². The van der Waals surface area contributed by atoms with Gasteiger partial charge in [0.15, 0.2) is 0 Å². The molecule has 5 heteroatoms. The smallest absolute Gasteiger partial charge is 0.222 e. The van der Waals surface area contributed by atoms with Crippen molar-refractivity contribution >= 4 is 11.8 Å². The summed E-state index contributed by atoms with van der Waals surface area (Å²) in [6, 6.07) is 6.18. The number of amides is 2. The van der Waals surface area contributed by atoms with Crippen LogP contribution in [0.5, 0.6) is 0 Å². The van der Waals surface area contributed by atoms with Gasteiger partial charge < -0.3 is 10.2 Å². The lowest BCUT2D eigenvalue weighted by Gasteiger charge is -2.38. The summed E-state index contributed by atoms with van der Waals surface area (Å²) >= 11 is 0. The van der Waals surface area contributed by atoms with Crippen LogP contribution < -0.4 is 5.32 Å². The molecule has 1 aliphatic heterocycles. The third-order valence-corrected chi connectivity index (χ3v) is 5.61. The van der Waals surface area contributed by atoms with Gasteiger partial charge in [0.05, 0.1) is 0 Å². The molecule has 27 heavy (non-hydrogen) atoms. The lowest BCUT2D eigenvalue weighted by atomic mass is 9.81. The van der Waals surface area contributed by atoms with E-state index in [1.807, 2.05) is 4.90 Å². The summed E-state index contributed by atoms with van der Waals surface area (Å²) < 4.78 is 12.9. The van der Waals surface area contributed by atoms with Gasteiger partial charge in [-0.25, -0.2) is 4.39 Å². The fraction of sp³-hybridized carbons (Fsp3) is 0.636. The standard InChI is InChI=1S/C22H33FN2O2/c1-3-5-6-7-22(27)25-13-12-19(18(4-2)16-25)14-21(26)24-15-17-8-10-20(23)11-9-17/h8-11,18-19H,3-7,12-16H2,1-2H3,(H,24,26). The molecule has 2 unspecified atom stereocenters. The minimum atomic E-state index is -0.271. The van der Waals surface area contributed by atoms with Crippen molar-refractivity contribution in [3.63, 3.8) is 0 Å². The number of nitrogens with one attached hydrogen (secondary N) is 1. The molecule has 0 bridgehead atoms. The second-order valence-electron chi connectivity index (χ2n) is 7.62. The molecule has 1 N–H and O–H groups in total. The van der Waals surface area contributed by atoms with Crippen molar-refractivity contribution in [2.24, 2.45) is 11.8 Å². The van der Waals surface area contributed by atoms with Crippen molar-refractivity contribution in [2.75, 3.05) is 13.1 Å². The molecule has 1 fully saturated rings. The Morgan fingerprint density at radius 3 is 2.56 bits per heavy atom. The Balaban J connectivity index is 1.78. The Morgan fingerprint density at radius 2 is 1.89 bits per heavy atom. The largest absolute Gasteiger partial charge is 0.352 e. The van der Waals surface area contributed by atoms with Gasteiger partial charge in [0.25, 0.3) is 0 Å². The monoisotopic (exact) mass is 376 g/mol. The van der Waals surface area contributed by atoms with Gasteiger partial charge in [-0.3, -0.25) is 9.59 Å². The van der Waals surface area contributed by atoms with E-state index in [0.717, 1.165) is 50.8 Å². The number of carbonyl (C=O) groups is 2. The average Bonchev–Trinajstić information content (AvgIpc) is 2.68. The van der Waals surface area contributed by atoms with E-state index in [9.17, 15) is 14.0 Å². The maximum absolute atomic E-state index is 12.9. The van der Waals surface area contributed by atoms with Crippen LogP contribution in [0.25, 0.3) is 0 Å². The third kappa shape index (κ3) is 6.96. The number of carbonyl (C=O) groups excluding carboxylic acids is 2. The predicted molar refractivity (Wildman–Crippen MR) is 105 cm³/mol. The summed E-state index contributed by atoms with van der Waals surface area (Å²) in [7, 11) is 0. The summed E-state index contributed by atoms with van der Waals surface area (Å²) in [5.74, 6) is 0.729. The van der Waals surface area contributed by atoms with E-state index in [1.165, 1.54) is 12.1 Å². The molecule has 2 rings (SSSR count). The van der Waals surface area contributed by atoms with Crippen LogP contribution in [0.2, 0.25) is 0 Å². The van der Waals surface area contributed by atoms with Crippen molar-refractivity contribution in [3.05, 3.63) is 35.6 Å². The van der Waals surface area contributed by atoms with E-state index in [4.69, 9.17) is 0 Å². The highest BCUT2D eigenvalue weighted by Gasteiger charge is 2.31. The van der Waals surface area contributed by atoms with E-state index in [1.54, 1.807) is 12.1 Å². The van der Waals surface area contributed by atoms with Crippen LogP contribution in [0.3, 0.4) is 0 Å². The van der Waals surface area contributed by atoms with Crippen molar-refractivity contribution in [2.45, 2.75) is 65.3 Å². The van der Waals surface area contributed by atoms with E-state index < -0.39 is 0 Å². The Kier molecular flexibility index (Phi) is 8.76. The molecular weight excluding hydrogens is 343 g/mol. The normalized spacial score (nSPS) is 19.7. The molecular formula is C22H33FN2O2. The maximum Gasteiger partial charge on any atom is 0.222 e. The van der Waals surface area contributed by atoms with E-state index >= 15 is 0 Å². The Labute approximate surface area is 162 Å². The molecule has 0 aliphatic carbocycles. The number of halogens is 1. The van der Waals surface area contributed by atoms with E-state index in [0.29, 0.717) is 31.2 Å². The fourth-order valence-corrected chi connectivity index (χ4v) is 3.84. The molecule has 1 heterocycles. The average molecular weight is 377 g/mol. The molecule has 1 aliphatic rings. The molecule has 1 aromatic carbocycles. The zero-order valence-corrected chi connectivity index (χ0v) is 16.7. The summed E-state index contributed by atoms with van der Waals surface area (Å²) in [6.45, 7) is 6.24. The summed E-state index contributed by atoms with van der Waals surface area (Å²) in [6.07, 6.45) is 6.22. The Hall–Kier alpha value is -1.91. The first kappa shape index (κ1) is 21.4. The predicted octanol–water partition coefficient (Wildman–Crippen LogP) is 4.29. The number of hydrogen-bond acceptors (Lipinski definition) is 2. The number of piperidine rings is 1. The van der Waals surface area contributed by atoms with Gasteiger partial charge in [0.1, 0.15) is 5.82 Å². The Morgan fingerprint density at radius 1 is 1.15 bits per heavy atom. The first-order chi connectivity index (χ1) is 13.0. The lowest BCUT2D eigenvalue weighted by molar-refractivity contribution is -0.134. The van der Waals surface area contributed by atoms with Crippen LogP contribution in [-0.2, 0) is 16.1 Å². The van der Waals surface area contributed by atoms with Gasteiger partial charge in [-0.15, -0.1) is 0 Å². The van der Waals surface area contributed by atoms with Crippen LogP contribution in [0.4, 0.5) is 4.39 Å². The second kappa shape index (κ2) is 11.1. The lowest BCUT2D eigenvalue weighted by Crippen LogP contribution is -2.44. The highest BCUT2D eigenvalue weighted by atomic mass is 19.1. The number of likely N-dealkylation sites (tertiary alicyclic amines) is 1. The minimum absolute atomic E-state index is 0.0329. The van der Waals surface area contributed by atoms with Crippen LogP contribution in [0, 0.1) is 17.7 Å². The highest BCUT2D eigenvalue weighted by Crippen LogP contribution is 2.29. The molecule has 4 nitrogen and oxygen atoms in total. The van der Waals surface area contributed by atoms with Crippen molar-refractivity contribution in [1.29, 1.82) is 0 Å². The SMILES string of the molecule is CCCCCC(=O)N1CCC(CC(=O)NCc2ccc(F)cc2)C(CC)C1. The molecule has 2 atom stereocenters. The number of hydrogen-bond donors (Lipinski definition) is 1. The van der Waals surface area contributed by atoms with Crippen LogP contribution in [-0.4, -0.2) is 29.8 Å². The van der Waals surface area contributed by atoms with Gasteiger partial charge in [0.2, 0.25) is 11.8 Å². The molecule has 0 radical (unpaired) electrons. The van der Waals surface area contributed by atoms with Crippen LogP contribution in [0.15, 0.2) is 24.3 Å². The first-order valence-electron chi connectivity index (χ1n) is 10.3. The number of rotatable bonds is 9. The second-order valence-corrected chi connectivity index (χ2v) is 7.62. The summed E-state index contributed by atoms with van der Waals surface area (Å²) in [4.78, 5) is 26.7. The molecule has 1 aromatic rings. The zero-order valence-electron chi connectivity index (χ0n) is 16.7. The van der Waals surface area contributed by atoms with Crippen LogP contribution in [0.1, 0.15) is 64.4 Å². The maximum atomic E-state index is 12.9. The van der Waals surface area contributed by atoms with Gasteiger partial charge in [0, 0.05) is 32.5 Å². The van der Waals surface area contributed by atoms with Gasteiger partial charge in [-0.1, -0.05) is 45.2 Å². The van der Waals surface area contributed by atoms with Crippen molar-refractivity contribution < 1.29 is 14.0 Å². The Bertz CT molecular complexity index is 603. The molecule has 0 saturated carbocycles. The molecule has 1 saturated heterocycles. The van der Waals surface area contributed by atoms with Crippen molar-refractivity contribution in [1.82, 2.24) is 10.2 Å². The first-order valence-corrected chi connectivity index (χ1v) is 10.3. The van der Waals surface area contributed by atoms with Crippen molar-refractivity contribution in [3.8, 4) is 0 Å². The molecule has 150 valence electrons. The van der Waals surface area contributed by atoms with Gasteiger partial charge in [-0.05, 0) is 42.4 Å². The van der Waals surface area contributed by atoms with Gasteiger partial charge >= 0.3 is 0 Å². The third-order valence-electron chi connectivity index (χ3n) is 5.61. The molecule has 2 amide bonds. The van der Waals surface area contributed by atoms with E-state index in [-0.39, 0.29) is 17.6 Å². The number of unbranched alkanes of at least 4 members (excludes halogenated alkanes) is 2. The number of nitrogens with zero attached hydrogens (tertiary/aromatic N) is 1. The summed E-state index contributed by atoms with van der Waals surface area (Å²) in [5, 5.41) is 2.94. The molecule has 0 aromatic heterocycles. The quantitative estimate of drug-likeness (QED) is 0.654. The topological polar surface area (TPSA) is 49.4 Å². The fourth-order valence-electron chi connectivity index (χ4n) is 3.84.